The summed E-state index contributed by atoms with van der Waals surface area (Å²) >= 11 is 1.42. The smallest absolute Gasteiger partial charge is 0.344 e. The zero-order valence-electron chi connectivity index (χ0n) is 14.8. The van der Waals surface area contributed by atoms with E-state index in [0.29, 0.717) is 22.0 Å². The topological polar surface area (TPSA) is 105 Å². The normalized spacial score (nSPS) is 12.7. The lowest BCUT2D eigenvalue weighted by Crippen LogP contribution is -2.21. The van der Waals surface area contributed by atoms with Crippen LogP contribution in [0.25, 0.3) is 0 Å². The van der Waals surface area contributed by atoms with Crippen molar-refractivity contribution in [2.75, 3.05) is 11.9 Å². The van der Waals surface area contributed by atoms with Gasteiger partial charge in [0.25, 0.3) is 5.91 Å². The number of ether oxygens (including phenoxy) is 1. The highest BCUT2D eigenvalue weighted by Gasteiger charge is 2.26. The van der Waals surface area contributed by atoms with Gasteiger partial charge in [0.2, 0.25) is 0 Å². The van der Waals surface area contributed by atoms with Gasteiger partial charge in [-0.1, -0.05) is 19.0 Å². The van der Waals surface area contributed by atoms with Crippen LogP contribution in [-0.2, 0) is 22.4 Å². The lowest BCUT2D eigenvalue weighted by atomic mass is 10.1. The number of aromatic nitrogens is 1. The van der Waals surface area contributed by atoms with Crippen LogP contribution in [0.15, 0.2) is 4.52 Å². The number of hydrogen-bond acceptors (Lipinski definition) is 7. The van der Waals surface area contributed by atoms with Gasteiger partial charge in [-0.05, 0) is 31.7 Å². The van der Waals surface area contributed by atoms with E-state index in [-0.39, 0.29) is 11.5 Å². The quantitative estimate of drug-likeness (QED) is 0.806. The number of rotatable bonds is 5. The second-order valence-electron chi connectivity index (χ2n) is 6.46. The van der Waals surface area contributed by atoms with Gasteiger partial charge in [-0.3, -0.25) is 4.79 Å². The van der Waals surface area contributed by atoms with E-state index in [1.54, 1.807) is 6.92 Å². The van der Waals surface area contributed by atoms with Crippen molar-refractivity contribution in [2.24, 2.45) is 0 Å². The van der Waals surface area contributed by atoms with Crippen molar-refractivity contribution in [1.82, 2.24) is 5.16 Å². The van der Waals surface area contributed by atoms with Gasteiger partial charge in [0, 0.05) is 10.8 Å². The molecule has 0 saturated carbocycles. The van der Waals surface area contributed by atoms with Crippen molar-refractivity contribution in [3.05, 3.63) is 33.0 Å². The zero-order chi connectivity index (χ0) is 18.8. The summed E-state index contributed by atoms with van der Waals surface area (Å²) < 4.78 is 10.3. The Morgan fingerprint density at radius 1 is 1.42 bits per heavy atom. The van der Waals surface area contributed by atoms with Gasteiger partial charge in [0.15, 0.2) is 12.4 Å². The van der Waals surface area contributed by atoms with Gasteiger partial charge in [-0.15, -0.1) is 11.3 Å². The standard InChI is InChI=1S/C18H19N3O4S/c1-9(2)16-15(10(3)21-25-16)18(23)24-8-14(22)20-17-12(7-19)11-5-4-6-13(11)26-17/h9H,4-6,8H2,1-3H3,(H,20,22). The van der Waals surface area contributed by atoms with E-state index in [0.717, 1.165) is 29.7 Å². The maximum Gasteiger partial charge on any atom is 0.344 e. The maximum absolute atomic E-state index is 12.3. The van der Waals surface area contributed by atoms with Crippen LogP contribution < -0.4 is 5.32 Å². The molecule has 26 heavy (non-hydrogen) atoms. The van der Waals surface area contributed by atoms with Crippen molar-refractivity contribution in [3.8, 4) is 6.07 Å². The molecule has 2 aromatic heterocycles. The molecule has 0 radical (unpaired) electrons. The number of thiophene rings is 1. The molecular formula is C18H19N3O4S. The molecule has 136 valence electrons. The molecule has 1 aliphatic rings. The highest BCUT2D eigenvalue weighted by molar-refractivity contribution is 7.16. The fourth-order valence-electron chi connectivity index (χ4n) is 3.01. The lowest BCUT2D eigenvalue weighted by Gasteiger charge is -2.07. The highest BCUT2D eigenvalue weighted by Crippen LogP contribution is 2.38. The predicted octanol–water partition coefficient (Wildman–Crippen LogP) is 3.32. The van der Waals surface area contributed by atoms with Crippen molar-refractivity contribution >= 4 is 28.2 Å². The first-order chi connectivity index (χ1) is 12.4. The van der Waals surface area contributed by atoms with E-state index in [2.05, 4.69) is 16.5 Å². The largest absolute Gasteiger partial charge is 0.452 e. The summed E-state index contributed by atoms with van der Waals surface area (Å²) in [5.41, 5.74) is 2.26. The number of hydrogen-bond donors (Lipinski definition) is 1. The van der Waals surface area contributed by atoms with E-state index in [1.165, 1.54) is 11.3 Å². The first-order valence-electron chi connectivity index (χ1n) is 8.40. The second kappa shape index (κ2) is 7.30. The van der Waals surface area contributed by atoms with Crippen LogP contribution in [0.4, 0.5) is 5.00 Å². The summed E-state index contributed by atoms with van der Waals surface area (Å²) in [6.45, 7) is 4.97. The SMILES string of the molecule is Cc1noc(C(C)C)c1C(=O)OCC(=O)Nc1sc2c(c1C#N)CCC2. The number of aryl methyl sites for hydroxylation is 2. The number of carbonyl (C=O) groups excluding carboxylic acids is 2. The molecular weight excluding hydrogens is 354 g/mol. The third-order valence-corrected chi connectivity index (χ3v) is 5.45. The van der Waals surface area contributed by atoms with Gasteiger partial charge in [0.1, 0.15) is 16.6 Å². The average molecular weight is 373 g/mol. The Hall–Kier alpha value is -2.66. The number of amides is 1. The van der Waals surface area contributed by atoms with E-state index >= 15 is 0 Å². The fraction of sp³-hybridized carbons (Fsp3) is 0.444. The van der Waals surface area contributed by atoms with Crippen LogP contribution in [0.5, 0.6) is 0 Å². The summed E-state index contributed by atoms with van der Waals surface area (Å²) in [7, 11) is 0. The Morgan fingerprint density at radius 3 is 2.88 bits per heavy atom. The Bertz CT molecular complexity index is 904. The van der Waals surface area contributed by atoms with Crippen molar-refractivity contribution in [1.29, 1.82) is 5.26 Å². The Morgan fingerprint density at radius 2 is 2.19 bits per heavy atom. The molecule has 0 saturated heterocycles. The van der Waals surface area contributed by atoms with Crippen LogP contribution in [0.1, 0.15) is 64.0 Å². The minimum Gasteiger partial charge on any atom is -0.452 e. The second-order valence-corrected chi connectivity index (χ2v) is 7.56. The number of fused-ring (bicyclic) bond motifs is 1. The third kappa shape index (κ3) is 3.35. The predicted molar refractivity (Wildman–Crippen MR) is 95.3 cm³/mol. The number of nitrogens with one attached hydrogen (secondary N) is 1. The molecule has 0 aliphatic heterocycles. The number of carbonyl (C=O) groups is 2. The zero-order valence-corrected chi connectivity index (χ0v) is 15.7. The number of esters is 1. The van der Waals surface area contributed by atoms with Crippen LogP contribution in [0.2, 0.25) is 0 Å². The van der Waals surface area contributed by atoms with Gasteiger partial charge in [-0.25, -0.2) is 4.79 Å². The molecule has 0 bridgehead atoms. The van der Waals surface area contributed by atoms with Crippen LogP contribution in [-0.4, -0.2) is 23.6 Å². The van der Waals surface area contributed by atoms with E-state index in [4.69, 9.17) is 9.26 Å². The van der Waals surface area contributed by atoms with Gasteiger partial charge >= 0.3 is 5.97 Å². The molecule has 1 aliphatic carbocycles. The molecule has 0 fully saturated rings. The minimum absolute atomic E-state index is 0.0285. The molecule has 0 aromatic carbocycles. The molecule has 1 amide bonds. The third-order valence-electron chi connectivity index (χ3n) is 4.24. The summed E-state index contributed by atoms with van der Waals surface area (Å²) in [4.78, 5) is 25.6. The van der Waals surface area contributed by atoms with Crippen LogP contribution in [0, 0.1) is 18.3 Å². The Balaban J connectivity index is 1.64. The summed E-state index contributed by atoms with van der Waals surface area (Å²) in [6, 6.07) is 2.16. The van der Waals surface area contributed by atoms with E-state index in [9.17, 15) is 14.9 Å². The molecule has 7 nitrogen and oxygen atoms in total. The number of nitriles is 1. The minimum atomic E-state index is -0.642. The average Bonchev–Trinajstić information content (AvgIpc) is 3.26. The summed E-state index contributed by atoms with van der Waals surface area (Å²) in [6.07, 6.45) is 2.84. The molecule has 2 aromatic rings. The molecule has 0 unspecified atom stereocenters. The molecule has 0 spiro atoms. The Kier molecular flexibility index (Phi) is 5.09. The molecule has 8 heteroatoms. The summed E-state index contributed by atoms with van der Waals surface area (Å²) in [5, 5.41) is 16.4. The first-order valence-corrected chi connectivity index (χ1v) is 9.21. The number of nitrogens with zero attached hydrogens (tertiary/aromatic N) is 2. The molecule has 1 N–H and O–H groups in total. The molecule has 2 heterocycles. The lowest BCUT2D eigenvalue weighted by molar-refractivity contribution is -0.119. The highest BCUT2D eigenvalue weighted by atomic mass is 32.1. The van der Waals surface area contributed by atoms with Gasteiger partial charge < -0.3 is 14.6 Å². The van der Waals surface area contributed by atoms with E-state index < -0.39 is 18.5 Å². The van der Waals surface area contributed by atoms with Crippen molar-refractivity contribution < 1.29 is 18.8 Å². The maximum atomic E-state index is 12.3. The first kappa shape index (κ1) is 18.1. The monoisotopic (exact) mass is 373 g/mol. The van der Waals surface area contributed by atoms with Gasteiger partial charge in [-0.2, -0.15) is 5.26 Å². The van der Waals surface area contributed by atoms with Crippen molar-refractivity contribution in [2.45, 2.75) is 46.0 Å². The van der Waals surface area contributed by atoms with E-state index in [1.807, 2.05) is 13.8 Å². The number of anilines is 1. The molecule has 3 rings (SSSR count). The van der Waals surface area contributed by atoms with Gasteiger partial charge in [0.05, 0.1) is 11.3 Å². The Labute approximate surface area is 154 Å². The summed E-state index contributed by atoms with van der Waals surface area (Å²) in [5.74, 6) is -0.708. The fourth-order valence-corrected chi connectivity index (χ4v) is 4.26. The van der Waals surface area contributed by atoms with Crippen molar-refractivity contribution in [3.63, 3.8) is 0 Å². The van der Waals surface area contributed by atoms with Crippen LogP contribution in [0.3, 0.4) is 0 Å². The molecule has 0 atom stereocenters. The van der Waals surface area contributed by atoms with Crippen LogP contribution >= 0.6 is 11.3 Å².